The van der Waals surface area contributed by atoms with Gasteiger partial charge in [0.15, 0.2) is 0 Å². The van der Waals surface area contributed by atoms with Crippen molar-refractivity contribution in [1.82, 2.24) is 0 Å². The van der Waals surface area contributed by atoms with Crippen molar-refractivity contribution in [3.8, 4) is 5.75 Å². The highest BCUT2D eigenvalue weighted by atomic mass is 79.9. The van der Waals surface area contributed by atoms with Crippen LogP contribution in [0.2, 0.25) is 0 Å². The number of rotatable bonds is 5. The molecule has 0 saturated carbocycles. The average Bonchev–Trinajstić information content (AvgIpc) is 3.10. The van der Waals surface area contributed by atoms with Gasteiger partial charge >= 0.3 is 0 Å². The summed E-state index contributed by atoms with van der Waals surface area (Å²) in [6.45, 7) is 2.99. The normalized spacial score (nSPS) is 14.3. The molecule has 0 radical (unpaired) electrons. The minimum absolute atomic E-state index is 0.0915. The van der Waals surface area contributed by atoms with Gasteiger partial charge in [0.1, 0.15) is 11.3 Å². The topological polar surface area (TPSA) is 63.9 Å². The van der Waals surface area contributed by atoms with Crippen LogP contribution >= 0.6 is 15.9 Å². The van der Waals surface area contributed by atoms with E-state index < -0.39 is 0 Å². The van der Waals surface area contributed by atoms with Crippen LogP contribution in [0.3, 0.4) is 0 Å². The number of carbonyl (C=O) groups excluding carboxylic acids is 1. The summed E-state index contributed by atoms with van der Waals surface area (Å²) >= 11 is 3.50. The lowest BCUT2D eigenvalue weighted by molar-refractivity contribution is -0.115. The number of carbonyl (C=O) groups is 1. The quantitative estimate of drug-likeness (QED) is 0.637. The summed E-state index contributed by atoms with van der Waals surface area (Å²) in [6, 6.07) is 11.5. The first-order chi connectivity index (χ1) is 13.6. The number of morpholine rings is 1. The van der Waals surface area contributed by atoms with Gasteiger partial charge in [0.05, 0.1) is 44.4 Å². The van der Waals surface area contributed by atoms with Crippen LogP contribution in [0.5, 0.6) is 5.75 Å². The van der Waals surface area contributed by atoms with Gasteiger partial charge in [-0.25, -0.2) is 0 Å². The van der Waals surface area contributed by atoms with Crippen LogP contribution in [0.25, 0.3) is 11.0 Å². The van der Waals surface area contributed by atoms with Gasteiger partial charge in [0.25, 0.3) is 0 Å². The Hall–Kier alpha value is -2.51. The number of ether oxygens (including phenoxy) is 2. The third-order valence-corrected chi connectivity index (χ3v) is 5.29. The van der Waals surface area contributed by atoms with Gasteiger partial charge in [-0.3, -0.25) is 4.79 Å². The highest BCUT2D eigenvalue weighted by Gasteiger charge is 2.18. The largest absolute Gasteiger partial charge is 0.497 e. The van der Waals surface area contributed by atoms with Crippen molar-refractivity contribution >= 4 is 44.2 Å². The van der Waals surface area contributed by atoms with Crippen molar-refractivity contribution in [3.63, 3.8) is 0 Å². The summed E-state index contributed by atoms with van der Waals surface area (Å²) in [5, 5.41) is 3.97. The molecule has 1 saturated heterocycles. The zero-order valence-corrected chi connectivity index (χ0v) is 17.1. The minimum atomic E-state index is -0.0915. The van der Waals surface area contributed by atoms with Crippen LogP contribution < -0.4 is 15.0 Å². The molecule has 2 aromatic carbocycles. The molecule has 7 heteroatoms. The van der Waals surface area contributed by atoms with Crippen molar-refractivity contribution in [2.24, 2.45) is 0 Å². The molecule has 0 spiro atoms. The lowest BCUT2D eigenvalue weighted by Crippen LogP contribution is -2.36. The second-order valence-corrected chi connectivity index (χ2v) is 7.52. The predicted molar refractivity (Wildman–Crippen MR) is 112 cm³/mol. The fourth-order valence-corrected chi connectivity index (χ4v) is 3.74. The first kappa shape index (κ1) is 18.8. The van der Waals surface area contributed by atoms with Crippen LogP contribution in [0, 0.1) is 0 Å². The Kier molecular flexibility index (Phi) is 5.54. The van der Waals surface area contributed by atoms with E-state index in [2.05, 4.69) is 26.1 Å². The highest BCUT2D eigenvalue weighted by molar-refractivity contribution is 9.10. The first-order valence-corrected chi connectivity index (χ1v) is 9.89. The van der Waals surface area contributed by atoms with E-state index in [0.29, 0.717) is 18.8 Å². The zero-order chi connectivity index (χ0) is 19.5. The van der Waals surface area contributed by atoms with Crippen LogP contribution in [-0.4, -0.2) is 39.3 Å². The lowest BCUT2D eigenvalue weighted by atomic mass is 10.1. The molecule has 4 rings (SSSR count). The lowest BCUT2D eigenvalue weighted by Gasteiger charge is -2.30. The summed E-state index contributed by atoms with van der Waals surface area (Å²) < 4.78 is 17.2. The molecule has 1 N–H and O–H groups in total. The van der Waals surface area contributed by atoms with Crippen molar-refractivity contribution in [1.29, 1.82) is 0 Å². The Morgan fingerprint density at radius 3 is 2.82 bits per heavy atom. The molecule has 0 aliphatic carbocycles. The molecule has 146 valence electrons. The third kappa shape index (κ3) is 4.00. The van der Waals surface area contributed by atoms with Crippen LogP contribution in [0.4, 0.5) is 11.4 Å². The Bertz CT molecular complexity index is 995. The van der Waals surface area contributed by atoms with E-state index in [-0.39, 0.29) is 12.3 Å². The second-order valence-electron chi connectivity index (χ2n) is 6.61. The first-order valence-electron chi connectivity index (χ1n) is 9.10. The van der Waals surface area contributed by atoms with Gasteiger partial charge in [0, 0.05) is 34.6 Å². The minimum Gasteiger partial charge on any atom is -0.497 e. The van der Waals surface area contributed by atoms with Crippen LogP contribution in [0.15, 0.2) is 51.6 Å². The number of furan rings is 1. The number of halogens is 1. The van der Waals surface area contributed by atoms with E-state index >= 15 is 0 Å². The average molecular weight is 445 g/mol. The fraction of sp³-hybridized carbons (Fsp3) is 0.286. The molecule has 1 fully saturated rings. The molecular weight excluding hydrogens is 424 g/mol. The van der Waals surface area contributed by atoms with E-state index in [9.17, 15) is 4.79 Å². The number of amides is 1. The summed E-state index contributed by atoms with van der Waals surface area (Å²) in [4.78, 5) is 15.0. The predicted octanol–water partition coefficient (Wildman–Crippen LogP) is 4.22. The molecule has 0 unspecified atom stereocenters. The van der Waals surface area contributed by atoms with E-state index in [1.807, 2.05) is 36.4 Å². The maximum Gasteiger partial charge on any atom is 0.228 e. The molecule has 1 aliphatic heterocycles. The standard InChI is InChI=1S/C21H21BrN2O4/c1-26-16-3-4-17-14(13-28-20(17)12-16)10-21(25)23-18-11-15(22)2-5-19(18)24-6-8-27-9-7-24/h2-5,11-13H,6-10H2,1H3,(H,23,25). The number of nitrogens with zero attached hydrogens (tertiary/aromatic N) is 1. The summed E-state index contributed by atoms with van der Waals surface area (Å²) in [5.74, 6) is 0.633. The Balaban J connectivity index is 1.53. The molecular formula is C21H21BrN2O4. The van der Waals surface area contributed by atoms with E-state index in [4.69, 9.17) is 13.9 Å². The smallest absolute Gasteiger partial charge is 0.228 e. The number of hydrogen-bond acceptors (Lipinski definition) is 5. The number of fused-ring (bicyclic) bond motifs is 1. The van der Waals surface area contributed by atoms with E-state index in [1.165, 1.54) is 0 Å². The Labute approximate surface area is 171 Å². The summed E-state index contributed by atoms with van der Waals surface area (Å²) in [5.41, 5.74) is 3.34. The van der Waals surface area contributed by atoms with Crippen molar-refractivity contribution in [2.45, 2.75) is 6.42 Å². The van der Waals surface area contributed by atoms with Gasteiger partial charge < -0.3 is 24.1 Å². The summed E-state index contributed by atoms with van der Waals surface area (Å²) in [6.07, 6.45) is 1.86. The number of methoxy groups -OCH3 is 1. The molecule has 6 nitrogen and oxygen atoms in total. The molecule has 3 aromatic rings. The molecule has 2 heterocycles. The number of hydrogen-bond donors (Lipinski definition) is 1. The van der Waals surface area contributed by atoms with Gasteiger partial charge in [-0.2, -0.15) is 0 Å². The number of benzene rings is 2. The third-order valence-electron chi connectivity index (χ3n) is 4.80. The molecule has 1 aromatic heterocycles. The van der Waals surface area contributed by atoms with Crippen molar-refractivity contribution < 1.29 is 18.7 Å². The number of anilines is 2. The molecule has 0 bridgehead atoms. The fourth-order valence-electron chi connectivity index (χ4n) is 3.38. The summed E-state index contributed by atoms with van der Waals surface area (Å²) in [7, 11) is 1.61. The van der Waals surface area contributed by atoms with Gasteiger partial charge in [0.2, 0.25) is 5.91 Å². The number of nitrogens with one attached hydrogen (secondary N) is 1. The van der Waals surface area contributed by atoms with E-state index in [1.54, 1.807) is 13.4 Å². The van der Waals surface area contributed by atoms with Gasteiger partial charge in [-0.1, -0.05) is 15.9 Å². The van der Waals surface area contributed by atoms with Gasteiger partial charge in [-0.15, -0.1) is 0 Å². The van der Waals surface area contributed by atoms with E-state index in [0.717, 1.165) is 45.6 Å². The van der Waals surface area contributed by atoms with Crippen molar-refractivity contribution in [2.75, 3.05) is 43.6 Å². The maximum atomic E-state index is 12.8. The molecule has 28 heavy (non-hydrogen) atoms. The maximum absolute atomic E-state index is 12.8. The molecule has 1 amide bonds. The second kappa shape index (κ2) is 8.24. The van der Waals surface area contributed by atoms with Crippen LogP contribution in [-0.2, 0) is 16.0 Å². The zero-order valence-electron chi connectivity index (χ0n) is 15.5. The van der Waals surface area contributed by atoms with Crippen molar-refractivity contribution in [3.05, 3.63) is 52.7 Å². The molecule has 1 aliphatic rings. The molecule has 0 atom stereocenters. The Morgan fingerprint density at radius 2 is 2.04 bits per heavy atom. The SMILES string of the molecule is COc1ccc2c(CC(=O)Nc3cc(Br)ccc3N3CCOCC3)coc2c1. The van der Waals surface area contributed by atoms with Crippen LogP contribution in [0.1, 0.15) is 5.56 Å². The highest BCUT2D eigenvalue weighted by Crippen LogP contribution is 2.31. The monoisotopic (exact) mass is 444 g/mol. The Morgan fingerprint density at radius 1 is 1.21 bits per heavy atom. The van der Waals surface area contributed by atoms with Gasteiger partial charge in [-0.05, 0) is 30.3 Å².